The van der Waals surface area contributed by atoms with E-state index in [1.54, 1.807) is 18.4 Å². The molecule has 1 amide bonds. The highest BCUT2D eigenvalue weighted by Gasteiger charge is 2.27. The molecule has 6 nitrogen and oxygen atoms in total. The second-order valence-electron chi connectivity index (χ2n) is 11.0. The molecule has 0 radical (unpaired) electrons. The monoisotopic (exact) mass is 498 g/mol. The molecular formula is C28H42N4O2S. The smallest absolute Gasteiger partial charge is 0.220 e. The molecule has 192 valence electrons. The maximum absolute atomic E-state index is 12.6. The fraction of sp³-hybridized carbons (Fsp3) is 0.714. The van der Waals surface area contributed by atoms with Crippen molar-refractivity contribution >= 4 is 33.1 Å². The quantitative estimate of drug-likeness (QED) is 0.550. The molecule has 1 saturated heterocycles. The average Bonchev–Trinajstić information content (AvgIpc) is 3.38. The normalized spacial score (nSPS) is 28.3. The molecule has 3 fully saturated rings. The topological polar surface area (TPSA) is 57.7 Å². The van der Waals surface area contributed by atoms with E-state index in [0.29, 0.717) is 24.5 Å². The molecule has 5 rings (SSSR count). The van der Waals surface area contributed by atoms with E-state index >= 15 is 0 Å². The third kappa shape index (κ3) is 6.55. The maximum atomic E-state index is 12.6. The second kappa shape index (κ2) is 12.0. The van der Waals surface area contributed by atoms with E-state index in [0.717, 1.165) is 70.6 Å². The first kappa shape index (κ1) is 25.0. The summed E-state index contributed by atoms with van der Waals surface area (Å²) < 4.78 is 6.78. The Morgan fingerprint density at radius 3 is 2.51 bits per heavy atom. The summed E-state index contributed by atoms with van der Waals surface area (Å²) >= 11 is 1.80. The number of carbonyl (C=O) groups is 1. The minimum absolute atomic E-state index is 0.278. The Bertz CT molecular complexity index is 941. The van der Waals surface area contributed by atoms with E-state index in [1.807, 2.05) is 6.20 Å². The van der Waals surface area contributed by atoms with Gasteiger partial charge in [-0.1, -0.05) is 0 Å². The number of pyridine rings is 1. The van der Waals surface area contributed by atoms with Crippen LogP contribution in [0.2, 0.25) is 0 Å². The van der Waals surface area contributed by atoms with Gasteiger partial charge in [0.05, 0.1) is 10.8 Å². The second-order valence-corrected chi connectivity index (χ2v) is 11.9. The number of rotatable bonds is 8. The molecule has 3 heterocycles. The molecule has 3 aliphatic rings. The fourth-order valence-corrected chi connectivity index (χ4v) is 7.28. The van der Waals surface area contributed by atoms with Gasteiger partial charge in [0, 0.05) is 51.9 Å². The molecule has 1 aliphatic heterocycles. The molecule has 2 aromatic rings. The van der Waals surface area contributed by atoms with Crippen LogP contribution in [0, 0.1) is 11.8 Å². The summed E-state index contributed by atoms with van der Waals surface area (Å²) in [5, 5.41) is 6.83. The molecule has 1 N–H and O–H groups in total. The highest BCUT2D eigenvalue weighted by molar-refractivity contribution is 7.17. The first-order chi connectivity index (χ1) is 17.2. The van der Waals surface area contributed by atoms with Crippen LogP contribution in [0.15, 0.2) is 23.7 Å². The van der Waals surface area contributed by atoms with Gasteiger partial charge in [0.25, 0.3) is 0 Å². The summed E-state index contributed by atoms with van der Waals surface area (Å²) in [5.74, 6) is 2.80. The first-order valence-corrected chi connectivity index (χ1v) is 14.7. The zero-order valence-electron chi connectivity index (χ0n) is 21.3. The zero-order chi connectivity index (χ0) is 24.0. The lowest BCUT2D eigenvalue weighted by Gasteiger charge is -2.37. The molecule has 7 heteroatoms. The standard InChI is InChI=1S/C28H42N4O2S/c1-34-25-8-4-22(5-9-25)20-26(33)30-24-6-2-21(3-7-24)11-14-31-15-17-32(18-16-31)28-27-23(10-13-29-28)12-19-35-27/h10,12-13,19,21-22,24-25H,2-9,11,14-18,20H2,1H3,(H,30,33)/t21-,22-,24-,25-. The SMILES string of the molecule is CO[C@H]1CC[C@H](CC(=O)N[C@H]2CC[C@H](CCN3CCN(c4nccc5ccsc45)CC3)CC2)CC1. The number of methoxy groups -OCH3 is 1. The number of fused-ring (bicyclic) bond motifs is 1. The predicted octanol–water partition coefficient (Wildman–Crippen LogP) is 5.08. The van der Waals surface area contributed by atoms with Crippen molar-refractivity contribution < 1.29 is 9.53 Å². The number of amides is 1. The van der Waals surface area contributed by atoms with Gasteiger partial charge in [0.2, 0.25) is 5.91 Å². The number of nitrogens with one attached hydrogen (secondary N) is 1. The Labute approximate surface area is 214 Å². The van der Waals surface area contributed by atoms with Crippen LogP contribution in [0.5, 0.6) is 0 Å². The van der Waals surface area contributed by atoms with Crippen LogP contribution in [-0.2, 0) is 9.53 Å². The molecule has 0 bridgehead atoms. The van der Waals surface area contributed by atoms with Crippen LogP contribution >= 0.6 is 11.3 Å². The highest BCUT2D eigenvalue weighted by atomic mass is 32.1. The number of ether oxygens (including phenoxy) is 1. The zero-order valence-corrected chi connectivity index (χ0v) is 22.1. The van der Waals surface area contributed by atoms with Crippen LogP contribution in [0.3, 0.4) is 0 Å². The van der Waals surface area contributed by atoms with Crippen molar-refractivity contribution in [2.75, 3.05) is 44.7 Å². The van der Waals surface area contributed by atoms with Gasteiger partial charge >= 0.3 is 0 Å². The third-order valence-corrected chi connectivity index (χ3v) is 9.61. The Hall–Kier alpha value is -1.70. The van der Waals surface area contributed by atoms with Crippen molar-refractivity contribution in [3.05, 3.63) is 23.7 Å². The lowest BCUT2D eigenvalue weighted by molar-refractivity contribution is -0.123. The van der Waals surface area contributed by atoms with Crippen molar-refractivity contribution in [1.82, 2.24) is 15.2 Å². The van der Waals surface area contributed by atoms with Gasteiger partial charge in [-0.3, -0.25) is 9.69 Å². The number of aromatic nitrogens is 1. The molecule has 2 aromatic heterocycles. The van der Waals surface area contributed by atoms with Gasteiger partial charge in [-0.25, -0.2) is 4.98 Å². The third-order valence-electron chi connectivity index (χ3n) is 8.69. The summed E-state index contributed by atoms with van der Waals surface area (Å²) in [5.41, 5.74) is 0. The molecule has 0 spiro atoms. The number of nitrogens with zero attached hydrogens (tertiary/aromatic N) is 3. The van der Waals surface area contributed by atoms with E-state index in [2.05, 4.69) is 32.6 Å². The van der Waals surface area contributed by atoms with Gasteiger partial charge in [-0.15, -0.1) is 11.3 Å². The summed E-state index contributed by atoms with van der Waals surface area (Å²) in [4.78, 5) is 22.4. The van der Waals surface area contributed by atoms with E-state index in [4.69, 9.17) is 9.72 Å². The predicted molar refractivity (Wildman–Crippen MR) is 144 cm³/mol. The average molecular weight is 499 g/mol. The van der Waals surface area contributed by atoms with Gasteiger partial charge in [0.1, 0.15) is 5.82 Å². The summed E-state index contributed by atoms with van der Waals surface area (Å²) in [7, 11) is 1.81. The van der Waals surface area contributed by atoms with Crippen molar-refractivity contribution in [3.63, 3.8) is 0 Å². The Kier molecular flexibility index (Phi) is 8.58. The lowest BCUT2D eigenvalue weighted by Crippen LogP contribution is -2.47. The number of thiophene rings is 1. The number of anilines is 1. The Balaban J connectivity index is 0.970. The van der Waals surface area contributed by atoms with Gasteiger partial charge in [-0.05, 0) is 99.1 Å². The van der Waals surface area contributed by atoms with Crippen molar-refractivity contribution in [3.8, 4) is 0 Å². The molecule has 2 saturated carbocycles. The van der Waals surface area contributed by atoms with Gasteiger partial charge < -0.3 is 15.0 Å². The van der Waals surface area contributed by atoms with E-state index in [1.165, 1.54) is 41.7 Å². The molecule has 0 aromatic carbocycles. The van der Waals surface area contributed by atoms with Crippen LogP contribution in [0.1, 0.15) is 64.2 Å². The fourth-order valence-electron chi connectivity index (χ4n) is 6.37. The minimum Gasteiger partial charge on any atom is -0.381 e. The summed E-state index contributed by atoms with van der Waals surface area (Å²) in [6.07, 6.45) is 13.7. The Morgan fingerprint density at radius 1 is 1.03 bits per heavy atom. The summed E-state index contributed by atoms with van der Waals surface area (Å²) in [6.45, 7) is 5.59. The van der Waals surface area contributed by atoms with E-state index in [-0.39, 0.29) is 5.91 Å². The van der Waals surface area contributed by atoms with Gasteiger partial charge in [-0.2, -0.15) is 0 Å². The van der Waals surface area contributed by atoms with Crippen molar-refractivity contribution in [1.29, 1.82) is 0 Å². The highest BCUT2D eigenvalue weighted by Crippen LogP contribution is 2.31. The summed E-state index contributed by atoms with van der Waals surface area (Å²) in [6, 6.07) is 4.69. The maximum Gasteiger partial charge on any atom is 0.220 e. The van der Waals surface area contributed by atoms with Gasteiger partial charge in [0.15, 0.2) is 0 Å². The molecule has 2 aliphatic carbocycles. The largest absolute Gasteiger partial charge is 0.381 e. The van der Waals surface area contributed by atoms with Crippen LogP contribution < -0.4 is 10.2 Å². The van der Waals surface area contributed by atoms with E-state index in [9.17, 15) is 4.79 Å². The van der Waals surface area contributed by atoms with Crippen molar-refractivity contribution in [2.45, 2.75) is 76.4 Å². The lowest BCUT2D eigenvalue weighted by atomic mass is 9.83. The molecule has 0 atom stereocenters. The Morgan fingerprint density at radius 2 is 1.77 bits per heavy atom. The first-order valence-electron chi connectivity index (χ1n) is 13.8. The number of hydrogen-bond donors (Lipinski definition) is 1. The molecular weight excluding hydrogens is 456 g/mol. The number of piperazine rings is 1. The van der Waals surface area contributed by atoms with Crippen LogP contribution in [-0.4, -0.2) is 67.8 Å². The number of hydrogen-bond acceptors (Lipinski definition) is 6. The molecule has 0 unspecified atom stereocenters. The van der Waals surface area contributed by atoms with Crippen LogP contribution in [0.25, 0.3) is 10.1 Å². The molecule has 35 heavy (non-hydrogen) atoms. The minimum atomic E-state index is 0.278. The number of carbonyl (C=O) groups excluding carboxylic acids is 1. The van der Waals surface area contributed by atoms with Crippen molar-refractivity contribution in [2.24, 2.45) is 11.8 Å². The van der Waals surface area contributed by atoms with Crippen LogP contribution in [0.4, 0.5) is 5.82 Å². The van der Waals surface area contributed by atoms with E-state index < -0.39 is 0 Å².